The fourth-order valence-corrected chi connectivity index (χ4v) is 3.89. The molecule has 0 saturated carbocycles. The van der Waals surface area contributed by atoms with Gasteiger partial charge >= 0.3 is 0 Å². The average Bonchev–Trinajstić information content (AvgIpc) is 3.17. The van der Waals surface area contributed by atoms with Gasteiger partial charge in [0.2, 0.25) is 11.7 Å². The number of benzene rings is 2. The molecule has 0 radical (unpaired) electrons. The number of carbonyl (C=O) groups excluding carboxylic acids is 2. The van der Waals surface area contributed by atoms with Crippen molar-refractivity contribution in [3.8, 4) is 11.4 Å². The number of fused-ring (bicyclic) bond motifs is 1. The molecule has 2 heterocycles. The monoisotopic (exact) mass is 408 g/mol. The lowest BCUT2D eigenvalue weighted by molar-refractivity contribution is -0.121. The first-order chi connectivity index (χ1) is 14.0. The molecule has 4 rings (SSSR count). The minimum absolute atomic E-state index is 0.0497. The molecule has 2 N–H and O–H groups in total. The number of amides is 2. The summed E-state index contributed by atoms with van der Waals surface area (Å²) in [4.78, 5) is 27.0. The zero-order chi connectivity index (χ0) is 20.4. The van der Waals surface area contributed by atoms with Crippen molar-refractivity contribution >= 4 is 35.0 Å². The topological polar surface area (TPSA) is 102 Å². The second-order valence-corrected chi connectivity index (χ2v) is 8.04. The van der Waals surface area contributed by atoms with Gasteiger partial charge in [0.15, 0.2) is 6.04 Å². The van der Waals surface area contributed by atoms with Crippen LogP contribution in [0.3, 0.4) is 0 Å². The zero-order valence-electron chi connectivity index (χ0n) is 16.0. The van der Waals surface area contributed by atoms with Gasteiger partial charge in [0.05, 0.1) is 11.4 Å². The Kier molecular flexibility index (Phi) is 5.30. The maximum atomic E-state index is 13.0. The number of rotatable bonds is 5. The van der Waals surface area contributed by atoms with E-state index in [0.717, 1.165) is 10.5 Å². The van der Waals surface area contributed by atoms with Gasteiger partial charge in [-0.25, -0.2) is 0 Å². The Morgan fingerprint density at radius 3 is 2.76 bits per heavy atom. The van der Waals surface area contributed by atoms with Crippen LogP contribution in [0.4, 0.5) is 11.4 Å². The number of hydrogen-bond acceptors (Lipinski definition) is 6. The van der Waals surface area contributed by atoms with Gasteiger partial charge in [0.25, 0.3) is 5.91 Å². The summed E-state index contributed by atoms with van der Waals surface area (Å²) in [6.07, 6.45) is 0. The Labute approximate surface area is 172 Å². The summed E-state index contributed by atoms with van der Waals surface area (Å²) in [5.41, 5.74) is 2.14. The summed E-state index contributed by atoms with van der Waals surface area (Å²) in [5, 5.41) is 18.4. The predicted molar refractivity (Wildman–Crippen MR) is 112 cm³/mol. The van der Waals surface area contributed by atoms with Gasteiger partial charge in [0.1, 0.15) is 0 Å². The molecule has 148 valence electrons. The molecule has 1 unspecified atom stereocenters. The summed E-state index contributed by atoms with van der Waals surface area (Å²) in [6.45, 7) is 3.86. The van der Waals surface area contributed by atoms with E-state index in [-0.39, 0.29) is 17.7 Å². The molecular formula is C20H20N6O2S. The molecule has 29 heavy (non-hydrogen) atoms. The molecule has 0 bridgehead atoms. The highest BCUT2D eigenvalue weighted by Gasteiger charge is 2.28. The average molecular weight is 408 g/mol. The molecular weight excluding hydrogens is 388 g/mol. The number of hydrogen-bond donors (Lipinski definition) is 2. The van der Waals surface area contributed by atoms with Gasteiger partial charge in [-0.1, -0.05) is 44.2 Å². The number of nitrogens with zero attached hydrogens (tertiary/aromatic N) is 4. The van der Waals surface area contributed by atoms with Gasteiger partial charge in [-0.3, -0.25) is 9.59 Å². The molecule has 1 atom stereocenters. The van der Waals surface area contributed by atoms with Crippen LogP contribution in [0.5, 0.6) is 0 Å². The van der Waals surface area contributed by atoms with E-state index in [2.05, 4.69) is 26.0 Å². The van der Waals surface area contributed by atoms with Crippen LogP contribution >= 0.6 is 11.8 Å². The first-order valence-corrected chi connectivity index (χ1v) is 10.2. The van der Waals surface area contributed by atoms with Crippen LogP contribution in [0, 0.1) is 5.92 Å². The summed E-state index contributed by atoms with van der Waals surface area (Å²) >= 11 is 1.48. The molecule has 2 aromatic carbocycles. The number of anilines is 2. The van der Waals surface area contributed by atoms with Gasteiger partial charge < -0.3 is 10.6 Å². The predicted octanol–water partition coefficient (Wildman–Crippen LogP) is 3.22. The first kappa shape index (κ1) is 19.1. The molecule has 1 aliphatic rings. The second kappa shape index (κ2) is 8.04. The highest BCUT2D eigenvalue weighted by Crippen LogP contribution is 2.33. The van der Waals surface area contributed by atoms with Crippen molar-refractivity contribution in [2.75, 3.05) is 16.4 Å². The molecule has 0 aliphatic carbocycles. The van der Waals surface area contributed by atoms with E-state index in [4.69, 9.17) is 0 Å². The Morgan fingerprint density at radius 1 is 1.21 bits per heavy atom. The quantitative estimate of drug-likeness (QED) is 0.672. The van der Waals surface area contributed by atoms with E-state index in [1.165, 1.54) is 16.6 Å². The van der Waals surface area contributed by atoms with Crippen LogP contribution < -0.4 is 10.6 Å². The second-order valence-electron chi connectivity index (χ2n) is 7.03. The van der Waals surface area contributed by atoms with Gasteiger partial charge in [-0.05, 0) is 29.3 Å². The molecule has 3 aromatic rings. The van der Waals surface area contributed by atoms with Gasteiger partial charge in [0, 0.05) is 16.1 Å². The van der Waals surface area contributed by atoms with Crippen LogP contribution in [-0.4, -0.2) is 37.8 Å². The lowest BCUT2D eigenvalue weighted by Gasteiger charge is -2.20. The highest BCUT2D eigenvalue weighted by molar-refractivity contribution is 8.00. The maximum Gasteiger partial charge on any atom is 0.251 e. The van der Waals surface area contributed by atoms with Crippen molar-refractivity contribution in [2.45, 2.75) is 24.8 Å². The summed E-state index contributed by atoms with van der Waals surface area (Å²) < 4.78 is 0. The van der Waals surface area contributed by atoms with Crippen LogP contribution in [0.15, 0.2) is 53.4 Å². The van der Waals surface area contributed by atoms with Gasteiger partial charge in [-0.15, -0.1) is 22.0 Å². The van der Waals surface area contributed by atoms with Crippen molar-refractivity contribution in [1.82, 2.24) is 20.2 Å². The van der Waals surface area contributed by atoms with Crippen molar-refractivity contribution in [3.63, 3.8) is 0 Å². The molecule has 8 nitrogen and oxygen atoms in total. The highest BCUT2D eigenvalue weighted by atomic mass is 32.2. The molecule has 9 heteroatoms. The number of thioether (sulfide) groups is 1. The summed E-state index contributed by atoms with van der Waals surface area (Å²) in [6, 6.07) is 14.3. The number of aromatic nitrogens is 4. The summed E-state index contributed by atoms with van der Waals surface area (Å²) in [5.74, 6) is 0.520. The Bertz CT molecular complexity index is 1050. The van der Waals surface area contributed by atoms with Crippen LogP contribution in [0.2, 0.25) is 0 Å². The Morgan fingerprint density at radius 2 is 2.00 bits per heavy atom. The number of tetrazole rings is 1. The Hall–Kier alpha value is -3.20. The van der Waals surface area contributed by atoms with Crippen molar-refractivity contribution < 1.29 is 9.59 Å². The van der Waals surface area contributed by atoms with E-state index in [1.54, 1.807) is 6.07 Å². The van der Waals surface area contributed by atoms with Crippen LogP contribution in [0.25, 0.3) is 11.4 Å². The third-order valence-electron chi connectivity index (χ3n) is 4.49. The Balaban J connectivity index is 1.55. The largest absolute Gasteiger partial charge is 0.324 e. The molecule has 0 spiro atoms. The molecule has 1 aliphatic heterocycles. The minimum atomic E-state index is -0.625. The van der Waals surface area contributed by atoms with Gasteiger partial charge in [-0.2, -0.15) is 4.80 Å². The SMILES string of the molecule is CC(C)C(C(=O)Nc1ccc2c(c1)NC(=O)CS2)n1nnc(-c2ccccc2)n1. The minimum Gasteiger partial charge on any atom is -0.324 e. The maximum absolute atomic E-state index is 13.0. The van der Waals surface area contributed by atoms with E-state index in [0.29, 0.717) is 23.0 Å². The summed E-state index contributed by atoms with van der Waals surface area (Å²) in [7, 11) is 0. The standard InChI is InChI=1S/C20H20N6O2S/c1-12(2)18(26-24-19(23-25-26)13-6-4-3-5-7-13)20(28)21-14-8-9-16-15(10-14)22-17(27)11-29-16/h3-10,12,18H,11H2,1-2H3,(H,21,28)(H,22,27). The molecule has 2 amide bonds. The van der Waals surface area contributed by atoms with E-state index in [1.807, 2.05) is 56.3 Å². The number of carbonyl (C=O) groups is 2. The molecule has 0 saturated heterocycles. The van der Waals surface area contributed by atoms with Crippen molar-refractivity contribution in [2.24, 2.45) is 5.92 Å². The van der Waals surface area contributed by atoms with E-state index < -0.39 is 6.04 Å². The molecule has 1 aromatic heterocycles. The fourth-order valence-electron chi connectivity index (χ4n) is 3.10. The fraction of sp³-hybridized carbons (Fsp3) is 0.250. The normalized spacial score (nSPS) is 14.2. The van der Waals surface area contributed by atoms with Crippen LogP contribution in [0.1, 0.15) is 19.9 Å². The lowest BCUT2D eigenvalue weighted by atomic mass is 10.0. The lowest BCUT2D eigenvalue weighted by Crippen LogP contribution is -2.31. The number of nitrogens with one attached hydrogen (secondary N) is 2. The third kappa shape index (κ3) is 4.14. The molecule has 0 fully saturated rings. The van der Waals surface area contributed by atoms with Crippen LogP contribution in [-0.2, 0) is 9.59 Å². The van der Waals surface area contributed by atoms with E-state index in [9.17, 15) is 9.59 Å². The first-order valence-electron chi connectivity index (χ1n) is 9.24. The van der Waals surface area contributed by atoms with Crippen molar-refractivity contribution in [3.05, 3.63) is 48.5 Å². The van der Waals surface area contributed by atoms with E-state index >= 15 is 0 Å². The third-order valence-corrected chi connectivity index (χ3v) is 5.56. The smallest absolute Gasteiger partial charge is 0.251 e. The van der Waals surface area contributed by atoms with Crippen molar-refractivity contribution in [1.29, 1.82) is 0 Å². The zero-order valence-corrected chi connectivity index (χ0v) is 16.8.